The highest BCUT2D eigenvalue weighted by Crippen LogP contribution is 2.17. The first-order valence-corrected chi connectivity index (χ1v) is 6.25. The van der Waals surface area contributed by atoms with Gasteiger partial charge >= 0.3 is 0 Å². The standard InChI is InChI=1S/C13H19N5/c1-3-6-18-13(16-9-17-18)7-12(14)11-8-15-5-4-10(11)2/h4-5,8-9,12H,3,6-7,14H2,1-2H3. The predicted molar refractivity (Wildman–Crippen MR) is 69.9 cm³/mol. The molecule has 1 unspecified atom stereocenters. The van der Waals surface area contributed by atoms with Crippen LogP contribution in [0.5, 0.6) is 0 Å². The molecule has 2 aromatic heterocycles. The Morgan fingerprint density at radius 1 is 1.44 bits per heavy atom. The van der Waals surface area contributed by atoms with E-state index >= 15 is 0 Å². The first kappa shape index (κ1) is 12.7. The first-order valence-electron chi connectivity index (χ1n) is 6.25. The minimum atomic E-state index is -0.0847. The lowest BCUT2D eigenvalue weighted by Crippen LogP contribution is -2.18. The molecule has 2 heterocycles. The molecule has 1 atom stereocenters. The van der Waals surface area contributed by atoms with Crippen molar-refractivity contribution in [2.45, 2.75) is 39.3 Å². The molecule has 96 valence electrons. The van der Waals surface area contributed by atoms with E-state index in [2.05, 4.69) is 22.0 Å². The molecule has 5 heteroatoms. The molecule has 0 saturated carbocycles. The maximum atomic E-state index is 6.23. The molecule has 0 fully saturated rings. The lowest BCUT2D eigenvalue weighted by atomic mass is 10.0. The minimum absolute atomic E-state index is 0.0847. The third-order valence-electron chi connectivity index (χ3n) is 3.01. The van der Waals surface area contributed by atoms with Gasteiger partial charge in [-0.1, -0.05) is 6.92 Å². The molecule has 2 N–H and O–H groups in total. The zero-order valence-corrected chi connectivity index (χ0v) is 10.9. The molecular formula is C13H19N5. The summed E-state index contributed by atoms with van der Waals surface area (Å²) in [6, 6.07) is 1.89. The number of pyridine rings is 1. The van der Waals surface area contributed by atoms with Gasteiger partial charge in [0.25, 0.3) is 0 Å². The Kier molecular flexibility index (Phi) is 4.04. The topological polar surface area (TPSA) is 69.6 Å². The summed E-state index contributed by atoms with van der Waals surface area (Å²) in [6.07, 6.45) is 6.93. The van der Waals surface area contributed by atoms with E-state index in [1.807, 2.05) is 23.9 Å². The number of rotatable bonds is 5. The van der Waals surface area contributed by atoms with Crippen LogP contribution >= 0.6 is 0 Å². The summed E-state index contributed by atoms with van der Waals surface area (Å²) in [5.41, 5.74) is 8.47. The van der Waals surface area contributed by atoms with E-state index < -0.39 is 0 Å². The number of hydrogen-bond donors (Lipinski definition) is 1. The van der Waals surface area contributed by atoms with Crippen molar-refractivity contribution >= 4 is 0 Å². The van der Waals surface area contributed by atoms with Crippen molar-refractivity contribution in [3.63, 3.8) is 0 Å². The van der Waals surface area contributed by atoms with Gasteiger partial charge in [-0.15, -0.1) is 0 Å². The van der Waals surface area contributed by atoms with Gasteiger partial charge in [0.1, 0.15) is 12.2 Å². The molecule has 0 amide bonds. The van der Waals surface area contributed by atoms with Crippen molar-refractivity contribution in [2.24, 2.45) is 5.73 Å². The van der Waals surface area contributed by atoms with Gasteiger partial charge in [0.05, 0.1) is 0 Å². The summed E-state index contributed by atoms with van der Waals surface area (Å²) in [5.74, 6) is 0.938. The van der Waals surface area contributed by atoms with Crippen LogP contribution in [-0.4, -0.2) is 19.7 Å². The maximum Gasteiger partial charge on any atom is 0.138 e. The van der Waals surface area contributed by atoms with Crippen molar-refractivity contribution in [1.29, 1.82) is 0 Å². The van der Waals surface area contributed by atoms with Crippen LogP contribution in [0.15, 0.2) is 24.8 Å². The Labute approximate surface area is 107 Å². The van der Waals surface area contributed by atoms with E-state index in [0.29, 0.717) is 6.42 Å². The molecule has 0 aliphatic heterocycles. The Morgan fingerprint density at radius 2 is 2.28 bits per heavy atom. The predicted octanol–water partition coefficient (Wildman–Crippen LogP) is 1.63. The normalized spacial score (nSPS) is 12.6. The summed E-state index contributed by atoms with van der Waals surface area (Å²) in [4.78, 5) is 8.41. The SMILES string of the molecule is CCCn1ncnc1CC(N)c1cnccc1C. The quantitative estimate of drug-likeness (QED) is 0.869. The van der Waals surface area contributed by atoms with Crippen LogP contribution in [0.4, 0.5) is 0 Å². The van der Waals surface area contributed by atoms with E-state index in [9.17, 15) is 0 Å². The lowest BCUT2D eigenvalue weighted by Gasteiger charge is -2.14. The Bertz CT molecular complexity index is 506. The van der Waals surface area contributed by atoms with Crippen LogP contribution < -0.4 is 5.73 Å². The highest BCUT2D eigenvalue weighted by atomic mass is 15.3. The third-order valence-corrected chi connectivity index (χ3v) is 3.01. The van der Waals surface area contributed by atoms with Gasteiger partial charge < -0.3 is 5.73 Å². The van der Waals surface area contributed by atoms with Gasteiger partial charge in [0.2, 0.25) is 0 Å². The molecule has 0 spiro atoms. The zero-order chi connectivity index (χ0) is 13.0. The minimum Gasteiger partial charge on any atom is -0.324 e. The molecule has 18 heavy (non-hydrogen) atoms. The van der Waals surface area contributed by atoms with E-state index in [1.54, 1.807) is 12.5 Å². The summed E-state index contributed by atoms with van der Waals surface area (Å²) in [5, 5.41) is 4.21. The summed E-state index contributed by atoms with van der Waals surface area (Å²) < 4.78 is 1.92. The molecular weight excluding hydrogens is 226 g/mol. The number of hydrogen-bond acceptors (Lipinski definition) is 4. The van der Waals surface area contributed by atoms with Gasteiger partial charge in [-0.25, -0.2) is 4.98 Å². The largest absolute Gasteiger partial charge is 0.324 e. The number of nitrogens with two attached hydrogens (primary N) is 1. The molecule has 5 nitrogen and oxygen atoms in total. The fraction of sp³-hybridized carbons (Fsp3) is 0.462. The second-order valence-electron chi connectivity index (χ2n) is 4.44. The first-order chi connectivity index (χ1) is 8.72. The molecule has 2 rings (SSSR count). The molecule has 0 aliphatic rings. The van der Waals surface area contributed by atoms with E-state index in [1.165, 1.54) is 5.56 Å². The second-order valence-corrected chi connectivity index (χ2v) is 4.44. The van der Waals surface area contributed by atoms with Gasteiger partial charge in [-0.3, -0.25) is 9.67 Å². The van der Waals surface area contributed by atoms with Crippen LogP contribution in [0.3, 0.4) is 0 Å². The summed E-state index contributed by atoms with van der Waals surface area (Å²) >= 11 is 0. The maximum absolute atomic E-state index is 6.23. The zero-order valence-electron chi connectivity index (χ0n) is 10.9. The monoisotopic (exact) mass is 245 g/mol. The molecule has 0 aromatic carbocycles. The van der Waals surface area contributed by atoms with Crippen molar-refractivity contribution in [2.75, 3.05) is 0 Å². The number of aromatic nitrogens is 4. The van der Waals surface area contributed by atoms with Crippen molar-refractivity contribution in [1.82, 2.24) is 19.7 Å². The van der Waals surface area contributed by atoms with Gasteiger partial charge in [-0.2, -0.15) is 5.10 Å². The summed E-state index contributed by atoms with van der Waals surface area (Å²) in [7, 11) is 0. The Hall–Kier alpha value is -1.75. The smallest absolute Gasteiger partial charge is 0.138 e. The van der Waals surface area contributed by atoms with Crippen LogP contribution in [0.2, 0.25) is 0 Å². The molecule has 0 aliphatic carbocycles. The van der Waals surface area contributed by atoms with Gasteiger partial charge in [0.15, 0.2) is 0 Å². The highest BCUT2D eigenvalue weighted by Gasteiger charge is 2.13. The Balaban J connectivity index is 2.14. The van der Waals surface area contributed by atoms with Crippen LogP contribution in [0.1, 0.15) is 36.3 Å². The number of nitrogens with zero attached hydrogens (tertiary/aromatic N) is 4. The van der Waals surface area contributed by atoms with Gasteiger partial charge in [-0.05, 0) is 30.5 Å². The Morgan fingerprint density at radius 3 is 3.00 bits per heavy atom. The van der Waals surface area contributed by atoms with Crippen molar-refractivity contribution in [3.8, 4) is 0 Å². The van der Waals surface area contributed by atoms with Crippen LogP contribution in [-0.2, 0) is 13.0 Å². The summed E-state index contributed by atoms with van der Waals surface area (Å²) in [6.45, 7) is 5.05. The van der Waals surface area contributed by atoms with E-state index in [0.717, 1.165) is 24.4 Å². The average molecular weight is 245 g/mol. The lowest BCUT2D eigenvalue weighted by molar-refractivity contribution is 0.547. The van der Waals surface area contributed by atoms with Crippen molar-refractivity contribution in [3.05, 3.63) is 41.7 Å². The molecule has 2 aromatic rings. The van der Waals surface area contributed by atoms with Crippen LogP contribution in [0, 0.1) is 6.92 Å². The molecule has 0 bridgehead atoms. The van der Waals surface area contributed by atoms with Crippen molar-refractivity contribution < 1.29 is 0 Å². The second kappa shape index (κ2) is 5.73. The fourth-order valence-corrected chi connectivity index (χ4v) is 2.02. The average Bonchev–Trinajstić information content (AvgIpc) is 2.78. The van der Waals surface area contributed by atoms with Gasteiger partial charge in [0, 0.05) is 31.4 Å². The molecule has 0 radical (unpaired) electrons. The van der Waals surface area contributed by atoms with E-state index in [-0.39, 0.29) is 6.04 Å². The van der Waals surface area contributed by atoms with Crippen LogP contribution in [0.25, 0.3) is 0 Å². The number of aryl methyl sites for hydroxylation is 2. The highest BCUT2D eigenvalue weighted by molar-refractivity contribution is 5.25. The third kappa shape index (κ3) is 2.73. The van der Waals surface area contributed by atoms with E-state index in [4.69, 9.17) is 5.73 Å². The molecule has 0 saturated heterocycles. The fourth-order valence-electron chi connectivity index (χ4n) is 2.02.